The van der Waals surface area contributed by atoms with E-state index in [9.17, 15) is 9.18 Å². The van der Waals surface area contributed by atoms with Crippen LogP contribution in [0.5, 0.6) is 0 Å². The lowest BCUT2D eigenvalue weighted by atomic mass is 10.0. The fourth-order valence-corrected chi connectivity index (χ4v) is 2.18. The predicted molar refractivity (Wildman–Crippen MR) is 76.7 cm³/mol. The second-order valence-corrected chi connectivity index (χ2v) is 5.74. The highest BCUT2D eigenvalue weighted by Crippen LogP contribution is 2.10. The van der Waals surface area contributed by atoms with E-state index in [1.54, 1.807) is 12.1 Å². The summed E-state index contributed by atoms with van der Waals surface area (Å²) in [6.45, 7) is 6.96. The van der Waals surface area contributed by atoms with Crippen LogP contribution < -0.4 is 0 Å². The van der Waals surface area contributed by atoms with Crippen molar-refractivity contribution in [2.24, 2.45) is 5.92 Å². The van der Waals surface area contributed by atoms with Gasteiger partial charge in [0.15, 0.2) is 5.78 Å². The predicted octanol–water partition coefficient (Wildman–Crippen LogP) is 3.30. The number of rotatable bonds is 7. The Kier molecular flexibility index (Phi) is 6.16. The van der Waals surface area contributed by atoms with E-state index in [1.165, 1.54) is 12.1 Å². The Morgan fingerprint density at radius 2 is 1.79 bits per heavy atom. The standard InChI is InChI=1S/C16H24FNO/c1-12(2)9-13(3)18(4)11-16(19)10-14-5-7-15(17)8-6-14/h5-8,12-13H,9-11H2,1-4H3. The molecule has 0 N–H and O–H groups in total. The number of carbonyl (C=O) groups is 1. The number of carbonyl (C=O) groups excluding carboxylic acids is 1. The van der Waals surface area contributed by atoms with Gasteiger partial charge in [-0.2, -0.15) is 0 Å². The van der Waals surface area contributed by atoms with Gasteiger partial charge in [0.25, 0.3) is 0 Å². The van der Waals surface area contributed by atoms with Crippen molar-refractivity contribution in [3.8, 4) is 0 Å². The zero-order valence-electron chi connectivity index (χ0n) is 12.3. The Morgan fingerprint density at radius 3 is 2.32 bits per heavy atom. The van der Waals surface area contributed by atoms with Crippen molar-refractivity contribution in [1.29, 1.82) is 0 Å². The van der Waals surface area contributed by atoms with Crippen LogP contribution in [0.15, 0.2) is 24.3 Å². The zero-order valence-corrected chi connectivity index (χ0v) is 12.3. The Hall–Kier alpha value is -1.22. The summed E-state index contributed by atoms with van der Waals surface area (Å²) in [4.78, 5) is 14.1. The average Bonchev–Trinajstić information content (AvgIpc) is 2.31. The van der Waals surface area contributed by atoms with Crippen LogP contribution in [0.25, 0.3) is 0 Å². The molecule has 0 aromatic heterocycles. The number of hydrogen-bond donors (Lipinski definition) is 0. The number of benzene rings is 1. The minimum atomic E-state index is -0.265. The van der Waals surface area contributed by atoms with Gasteiger partial charge >= 0.3 is 0 Å². The molecule has 0 amide bonds. The van der Waals surface area contributed by atoms with Crippen molar-refractivity contribution < 1.29 is 9.18 Å². The summed E-state index contributed by atoms with van der Waals surface area (Å²) in [6.07, 6.45) is 1.46. The molecule has 1 aromatic rings. The van der Waals surface area contributed by atoms with Crippen LogP contribution in [-0.4, -0.2) is 30.3 Å². The Morgan fingerprint density at radius 1 is 1.21 bits per heavy atom. The lowest BCUT2D eigenvalue weighted by molar-refractivity contribution is -0.119. The first-order valence-electron chi connectivity index (χ1n) is 6.85. The molecule has 1 atom stereocenters. The van der Waals surface area contributed by atoms with E-state index in [2.05, 4.69) is 25.7 Å². The SMILES string of the molecule is CC(C)CC(C)N(C)CC(=O)Cc1ccc(F)cc1. The highest BCUT2D eigenvalue weighted by atomic mass is 19.1. The minimum absolute atomic E-state index is 0.171. The van der Waals surface area contributed by atoms with Crippen LogP contribution in [0.4, 0.5) is 4.39 Å². The van der Waals surface area contributed by atoms with Crippen molar-refractivity contribution in [1.82, 2.24) is 4.90 Å². The Labute approximate surface area is 115 Å². The number of hydrogen-bond acceptors (Lipinski definition) is 2. The van der Waals surface area contributed by atoms with Gasteiger partial charge in [-0.1, -0.05) is 26.0 Å². The van der Waals surface area contributed by atoms with Crippen LogP contribution in [0.3, 0.4) is 0 Å². The third-order valence-electron chi connectivity index (χ3n) is 3.31. The van der Waals surface area contributed by atoms with Gasteiger partial charge in [-0.3, -0.25) is 9.69 Å². The molecule has 0 saturated carbocycles. The van der Waals surface area contributed by atoms with Crippen LogP contribution in [0.2, 0.25) is 0 Å². The fourth-order valence-electron chi connectivity index (χ4n) is 2.18. The van der Waals surface area contributed by atoms with Gasteiger partial charge in [-0.05, 0) is 44.0 Å². The van der Waals surface area contributed by atoms with Gasteiger partial charge in [0, 0.05) is 12.5 Å². The molecule has 19 heavy (non-hydrogen) atoms. The second-order valence-electron chi connectivity index (χ2n) is 5.74. The van der Waals surface area contributed by atoms with Gasteiger partial charge in [0.2, 0.25) is 0 Å². The van der Waals surface area contributed by atoms with Gasteiger partial charge in [-0.15, -0.1) is 0 Å². The maximum Gasteiger partial charge on any atom is 0.151 e. The molecule has 0 aliphatic carbocycles. The summed E-state index contributed by atoms with van der Waals surface area (Å²) in [5, 5.41) is 0. The quantitative estimate of drug-likeness (QED) is 0.754. The number of nitrogens with zero attached hydrogens (tertiary/aromatic N) is 1. The fraction of sp³-hybridized carbons (Fsp3) is 0.562. The average molecular weight is 265 g/mol. The number of likely N-dealkylation sites (N-methyl/N-ethyl adjacent to an activating group) is 1. The molecule has 106 valence electrons. The van der Waals surface area contributed by atoms with Gasteiger partial charge in [0.1, 0.15) is 5.82 Å². The van der Waals surface area contributed by atoms with Crippen LogP contribution in [0.1, 0.15) is 32.8 Å². The molecule has 1 rings (SSSR count). The van der Waals surface area contributed by atoms with Gasteiger partial charge < -0.3 is 0 Å². The molecular weight excluding hydrogens is 241 g/mol. The van der Waals surface area contributed by atoms with E-state index < -0.39 is 0 Å². The van der Waals surface area contributed by atoms with Crippen molar-refractivity contribution in [2.45, 2.75) is 39.7 Å². The topological polar surface area (TPSA) is 20.3 Å². The molecule has 0 aliphatic rings. The Bertz CT molecular complexity index is 400. The van der Waals surface area contributed by atoms with Gasteiger partial charge in [-0.25, -0.2) is 4.39 Å². The summed E-state index contributed by atoms with van der Waals surface area (Å²) < 4.78 is 12.8. The normalized spacial score (nSPS) is 13.0. The Balaban J connectivity index is 2.44. The monoisotopic (exact) mass is 265 g/mol. The van der Waals surface area contributed by atoms with E-state index in [1.807, 2.05) is 7.05 Å². The lowest BCUT2D eigenvalue weighted by Gasteiger charge is -2.25. The maximum atomic E-state index is 12.8. The third kappa shape index (κ3) is 5.97. The summed E-state index contributed by atoms with van der Waals surface area (Å²) in [7, 11) is 1.98. The van der Waals surface area contributed by atoms with E-state index in [0.29, 0.717) is 24.9 Å². The summed E-state index contributed by atoms with van der Waals surface area (Å²) >= 11 is 0. The highest BCUT2D eigenvalue weighted by molar-refractivity contribution is 5.82. The smallest absolute Gasteiger partial charge is 0.151 e. The van der Waals surface area contributed by atoms with Crippen LogP contribution in [0, 0.1) is 11.7 Å². The van der Waals surface area contributed by atoms with Gasteiger partial charge in [0.05, 0.1) is 6.54 Å². The highest BCUT2D eigenvalue weighted by Gasteiger charge is 2.14. The van der Waals surface area contributed by atoms with Crippen molar-refractivity contribution in [3.05, 3.63) is 35.6 Å². The molecule has 3 heteroatoms. The summed E-state index contributed by atoms with van der Waals surface area (Å²) in [5.41, 5.74) is 0.872. The second kappa shape index (κ2) is 7.39. The first-order valence-corrected chi connectivity index (χ1v) is 6.85. The first-order chi connectivity index (χ1) is 8.88. The van der Waals surface area contributed by atoms with Crippen molar-refractivity contribution >= 4 is 5.78 Å². The van der Waals surface area contributed by atoms with Crippen LogP contribution >= 0.6 is 0 Å². The lowest BCUT2D eigenvalue weighted by Crippen LogP contribution is -2.35. The molecule has 0 spiro atoms. The molecular formula is C16H24FNO. The summed E-state index contributed by atoms with van der Waals surface area (Å²) in [6, 6.07) is 6.54. The van der Waals surface area contributed by atoms with E-state index in [4.69, 9.17) is 0 Å². The molecule has 1 aromatic carbocycles. The molecule has 0 saturated heterocycles. The largest absolute Gasteiger partial charge is 0.298 e. The van der Waals surface area contributed by atoms with E-state index in [-0.39, 0.29) is 11.6 Å². The maximum absolute atomic E-state index is 12.8. The molecule has 0 fully saturated rings. The molecule has 0 aliphatic heterocycles. The number of Topliss-reactive ketones (excluding diaryl/α,β-unsaturated/α-hetero) is 1. The summed E-state index contributed by atoms with van der Waals surface area (Å²) in [5.74, 6) is 0.535. The zero-order chi connectivity index (χ0) is 14.4. The third-order valence-corrected chi connectivity index (χ3v) is 3.31. The number of ketones is 1. The van der Waals surface area contributed by atoms with Crippen molar-refractivity contribution in [2.75, 3.05) is 13.6 Å². The molecule has 0 bridgehead atoms. The molecule has 0 radical (unpaired) electrons. The van der Waals surface area contributed by atoms with Crippen molar-refractivity contribution in [3.63, 3.8) is 0 Å². The molecule has 2 nitrogen and oxygen atoms in total. The van der Waals surface area contributed by atoms with Crippen LogP contribution in [-0.2, 0) is 11.2 Å². The van der Waals surface area contributed by atoms with E-state index >= 15 is 0 Å². The minimum Gasteiger partial charge on any atom is -0.298 e. The first kappa shape index (κ1) is 15.8. The molecule has 0 heterocycles. The molecule has 1 unspecified atom stereocenters. The number of halogens is 1. The van der Waals surface area contributed by atoms with E-state index in [0.717, 1.165) is 12.0 Å².